The summed E-state index contributed by atoms with van der Waals surface area (Å²) in [5, 5.41) is 0.636. The van der Waals surface area contributed by atoms with E-state index < -0.39 is 0 Å². The van der Waals surface area contributed by atoms with Crippen molar-refractivity contribution in [1.82, 2.24) is 4.90 Å². The van der Waals surface area contributed by atoms with E-state index in [1.807, 2.05) is 43.3 Å². The van der Waals surface area contributed by atoms with Crippen LogP contribution in [0.25, 0.3) is 0 Å². The fourth-order valence-electron chi connectivity index (χ4n) is 1.98. The van der Waals surface area contributed by atoms with Crippen LogP contribution in [0.2, 0.25) is 5.02 Å². The molecule has 0 aromatic heterocycles. The lowest BCUT2D eigenvalue weighted by atomic mass is 10.1. The monoisotopic (exact) mass is 303 g/mol. The molecule has 0 aliphatic rings. The lowest BCUT2D eigenvalue weighted by Crippen LogP contribution is -2.31. The molecule has 0 fully saturated rings. The molecule has 1 amide bonds. The van der Waals surface area contributed by atoms with Crippen LogP contribution in [0.4, 0.5) is 0 Å². The molecule has 3 nitrogen and oxygen atoms in total. The van der Waals surface area contributed by atoms with Crippen LogP contribution in [0, 0.1) is 6.92 Å². The summed E-state index contributed by atoms with van der Waals surface area (Å²) in [5.74, 6) is 0.710. The Hall–Kier alpha value is -2.00. The van der Waals surface area contributed by atoms with Crippen molar-refractivity contribution in [2.24, 2.45) is 0 Å². The molecule has 2 aromatic carbocycles. The summed E-state index contributed by atoms with van der Waals surface area (Å²) in [6.45, 7) is 2.87. The maximum absolute atomic E-state index is 12.3. The van der Waals surface area contributed by atoms with Crippen LogP contribution >= 0.6 is 11.6 Å². The van der Waals surface area contributed by atoms with Crippen molar-refractivity contribution in [2.45, 2.75) is 6.92 Å². The number of hydrogen-bond acceptors (Lipinski definition) is 2. The highest BCUT2D eigenvalue weighted by Gasteiger charge is 2.13. The number of carbonyl (C=O) groups is 1. The largest absolute Gasteiger partial charge is 0.492 e. The van der Waals surface area contributed by atoms with Crippen molar-refractivity contribution in [3.05, 3.63) is 64.7 Å². The summed E-state index contributed by atoms with van der Waals surface area (Å²) >= 11 is 5.89. The summed E-state index contributed by atoms with van der Waals surface area (Å²) in [6, 6.07) is 14.8. The molecule has 0 radical (unpaired) electrons. The average Bonchev–Trinajstić information content (AvgIpc) is 2.47. The Balaban J connectivity index is 1.89. The van der Waals surface area contributed by atoms with E-state index in [0.717, 1.165) is 11.1 Å². The smallest absolute Gasteiger partial charge is 0.253 e. The Morgan fingerprint density at radius 3 is 2.67 bits per heavy atom. The molecule has 0 saturated heterocycles. The first-order chi connectivity index (χ1) is 10.1. The molecule has 0 aliphatic carbocycles. The first-order valence-electron chi connectivity index (χ1n) is 6.77. The van der Waals surface area contributed by atoms with Gasteiger partial charge >= 0.3 is 0 Å². The number of benzene rings is 2. The van der Waals surface area contributed by atoms with Crippen molar-refractivity contribution in [2.75, 3.05) is 20.2 Å². The molecule has 0 atom stereocenters. The van der Waals surface area contributed by atoms with E-state index in [1.54, 1.807) is 24.1 Å². The van der Waals surface area contributed by atoms with E-state index in [1.165, 1.54) is 0 Å². The van der Waals surface area contributed by atoms with Gasteiger partial charge in [-0.15, -0.1) is 0 Å². The molecule has 110 valence electrons. The molecule has 0 unspecified atom stereocenters. The van der Waals surface area contributed by atoms with E-state index in [-0.39, 0.29) is 5.91 Å². The van der Waals surface area contributed by atoms with Gasteiger partial charge in [0.2, 0.25) is 0 Å². The highest BCUT2D eigenvalue weighted by molar-refractivity contribution is 6.30. The molecule has 0 bridgehead atoms. The Kier molecular flexibility index (Phi) is 5.23. The minimum Gasteiger partial charge on any atom is -0.492 e. The summed E-state index contributed by atoms with van der Waals surface area (Å²) < 4.78 is 5.60. The normalized spacial score (nSPS) is 10.2. The maximum Gasteiger partial charge on any atom is 0.253 e. The van der Waals surface area contributed by atoms with E-state index in [2.05, 4.69) is 0 Å². The topological polar surface area (TPSA) is 29.5 Å². The highest BCUT2D eigenvalue weighted by Crippen LogP contribution is 2.17. The van der Waals surface area contributed by atoms with Gasteiger partial charge in [-0.05, 0) is 36.8 Å². The van der Waals surface area contributed by atoms with Gasteiger partial charge in [0.25, 0.3) is 5.91 Å². The van der Waals surface area contributed by atoms with Crippen LogP contribution < -0.4 is 4.74 Å². The molecule has 4 heteroatoms. The summed E-state index contributed by atoms with van der Waals surface area (Å²) in [6.07, 6.45) is 0. The van der Waals surface area contributed by atoms with Crippen LogP contribution in [0.5, 0.6) is 5.75 Å². The van der Waals surface area contributed by atoms with Crippen LogP contribution in [-0.2, 0) is 0 Å². The Morgan fingerprint density at radius 2 is 1.95 bits per heavy atom. The fourth-order valence-corrected chi connectivity index (χ4v) is 2.16. The Labute approximate surface area is 130 Å². The van der Waals surface area contributed by atoms with E-state index in [9.17, 15) is 4.79 Å². The predicted octanol–water partition coefficient (Wildman–Crippen LogP) is 3.80. The van der Waals surface area contributed by atoms with E-state index >= 15 is 0 Å². The van der Waals surface area contributed by atoms with Gasteiger partial charge in [-0.25, -0.2) is 0 Å². The molecule has 2 rings (SSSR count). The zero-order valence-corrected chi connectivity index (χ0v) is 12.9. The van der Waals surface area contributed by atoms with Crippen molar-refractivity contribution < 1.29 is 9.53 Å². The molecule has 21 heavy (non-hydrogen) atoms. The summed E-state index contributed by atoms with van der Waals surface area (Å²) in [5.41, 5.74) is 1.70. The third-order valence-electron chi connectivity index (χ3n) is 3.21. The number of halogens is 1. The molecule has 0 aliphatic heterocycles. The van der Waals surface area contributed by atoms with Gasteiger partial charge in [-0.1, -0.05) is 35.9 Å². The number of ether oxygens (including phenoxy) is 1. The van der Waals surface area contributed by atoms with Gasteiger partial charge in [-0.2, -0.15) is 0 Å². The van der Waals surface area contributed by atoms with Gasteiger partial charge in [0.1, 0.15) is 12.4 Å². The number of carbonyl (C=O) groups excluding carboxylic acids is 1. The lowest BCUT2D eigenvalue weighted by Gasteiger charge is -2.18. The van der Waals surface area contributed by atoms with Crippen molar-refractivity contribution in [3.8, 4) is 5.75 Å². The molecule has 0 N–H and O–H groups in total. The van der Waals surface area contributed by atoms with Crippen LogP contribution in [0.15, 0.2) is 48.5 Å². The molecular formula is C17H18ClNO2. The standard InChI is InChI=1S/C17H18ClNO2/c1-13-6-3-4-9-16(13)17(20)19(2)10-11-21-15-8-5-7-14(18)12-15/h3-9,12H,10-11H2,1-2H3. The Bertz CT molecular complexity index is 628. The second-order valence-corrected chi connectivity index (χ2v) is 5.28. The second kappa shape index (κ2) is 7.14. The molecular weight excluding hydrogens is 286 g/mol. The first kappa shape index (κ1) is 15.4. The first-order valence-corrected chi connectivity index (χ1v) is 7.15. The third-order valence-corrected chi connectivity index (χ3v) is 3.45. The van der Waals surface area contributed by atoms with Gasteiger partial charge in [0.15, 0.2) is 0 Å². The van der Waals surface area contributed by atoms with Crippen molar-refractivity contribution in [1.29, 1.82) is 0 Å². The second-order valence-electron chi connectivity index (χ2n) is 4.85. The maximum atomic E-state index is 12.3. The van der Waals surface area contributed by atoms with Crippen molar-refractivity contribution >= 4 is 17.5 Å². The number of hydrogen-bond donors (Lipinski definition) is 0. The number of nitrogens with zero attached hydrogens (tertiary/aromatic N) is 1. The molecule has 0 saturated carbocycles. The SMILES string of the molecule is Cc1ccccc1C(=O)N(C)CCOc1cccc(Cl)c1. The predicted molar refractivity (Wildman–Crippen MR) is 85.1 cm³/mol. The summed E-state index contributed by atoms with van der Waals surface area (Å²) in [4.78, 5) is 14.0. The molecule has 0 heterocycles. The summed E-state index contributed by atoms with van der Waals surface area (Å²) in [7, 11) is 1.77. The Morgan fingerprint density at radius 1 is 1.19 bits per heavy atom. The quantitative estimate of drug-likeness (QED) is 0.841. The van der Waals surface area contributed by atoms with Gasteiger partial charge in [0, 0.05) is 17.6 Å². The van der Waals surface area contributed by atoms with Gasteiger partial charge < -0.3 is 9.64 Å². The van der Waals surface area contributed by atoms with Gasteiger partial charge in [-0.3, -0.25) is 4.79 Å². The number of amides is 1. The number of rotatable bonds is 5. The van der Waals surface area contributed by atoms with E-state index in [0.29, 0.717) is 23.9 Å². The number of aryl methyl sites for hydroxylation is 1. The van der Waals surface area contributed by atoms with Crippen molar-refractivity contribution in [3.63, 3.8) is 0 Å². The van der Waals surface area contributed by atoms with Crippen LogP contribution in [0.3, 0.4) is 0 Å². The number of likely N-dealkylation sites (N-methyl/N-ethyl adjacent to an activating group) is 1. The minimum absolute atomic E-state index is 0.00259. The van der Waals surface area contributed by atoms with E-state index in [4.69, 9.17) is 16.3 Å². The average molecular weight is 304 g/mol. The molecule has 2 aromatic rings. The fraction of sp³-hybridized carbons (Fsp3) is 0.235. The molecule has 0 spiro atoms. The van der Waals surface area contributed by atoms with Crippen LogP contribution in [-0.4, -0.2) is 31.0 Å². The minimum atomic E-state index is 0.00259. The van der Waals surface area contributed by atoms with Crippen LogP contribution in [0.1, 0.15) is 15.9 Å². The lowest BCUT2D eigenvalue weighted by molar-refractivity contribution is 0.0773. The zero-order chi connectivity index (χ0) is 15.2. The zero-order valence-electron chi connectivity index (χ0n) is 12.2. The third kappa shape index (κ3) is 4.23. The highest BCUT2D eigenvalue weighted by atomic mass is 35.5. The van der Waals surface area contributed by atoms with Gasteiger partial charge in [0.05, 0.1) is 6.54 Å².